The van der Waals surface area contributed by atoms with Gasteiger partial charge in [-0.2, -0.15) is 4.98 Å². The van der Waals surface area contributed by atoms with Gasteiger partial charge in [0.05, 0.1) is 6.61 Å². The minimum atomic E-state index is -0.645. The van der Waals surface area contributed by atoms with Crippen LogP contribution in [-0.4, -0.2) is 30.5 Å². The van der Waals surface area contributed by atoms with Gasteiger partial charge in [0, 0.05) is 13.7 Å². The molecule has 1 aliphatic carbocycles. The molecule has 1 unspecified atom stereocenters. The minimum absolute atomic E-state index is 0.350. The van der Waals surface area contributed by atoms with E-state index >= 15 is 0 Å². The number of nitrogens with two attached hydrogens (primary N) is 1. The predicted molar refractivity (Wildman–Crippen MR) is 76.5 cm³/mol. The molecule has 0 radical (unpaired) electrons. The second-order valence-corrected chi connectivity index (χ2v) is 7.24. The molecule has 1 aliphatic heterocycles. The summed E-state index contributed by atoms with van der Waals surface area (Å²) in [5.74, 6) is 1.10. The summed E-state index contributed by atoms with van der Waals surface area (Å²) < 4.78 is 16.6. The summed E-state index contributed by atoms with van der Waals surface area (Å²) in [5.41, 5.74) is 5.56. The van der Waals surface area contributed by atoms with E-state index in [2.05, 4.69) is 24.0 Å². The lowest BCUT2D eigenvalue weighted by Crippen LogP contribution is -2.39. The van der Waals surface area contributed by atoms with Gasteiger partial charge in [-0.1, -0.05) is 19.0 Å². The average Bonchev–Trinajstić information content (AvgIpc) is 3.10. The molecule has 118 valence electrons. The fourth-order valence-electron chi connectivity index (χ4n) is 3.21. The molecule has 1 aromatic rings. The van der Waals surface area contributed by atoms with Crippen molar-refractivity contribution in [2.24, 2.45) is 11.1 Å². The second-order valence-electron chi connectivity index (χ2n) is 7.24. The van der Waals surface area contributed by atoms with E-state index in [0.29, 0.717) is 36.8 Å². The molecule has 21 heavy (non-hydrogen) atoms. The number of hydrogen-bond donors (Lipinski definition) is 1. The Labute approximate surface area is 125 Å². The number of rotatable bonds is 3. The van der Waals surface area contributed by atoms with Crippen molar-refractivity contribution >= 4 is 0 Å². The predicted octanol–water partition coefficient (Wildman–Crippen LogP) is 2.09. The zero-order valence-corrected chi connectivity index (χ0v) is 13.1. The van der Waals surface area contributed by atoms with Crippen LogP contribution in [0.3, 0.4) is 0 Å². The van der Waals surface area contributed by atoms with E-state index in [1.165, 1.54) is 0 Å². The topological polar surface area (TPSA) is 83.4 Å². The lowest BCUT2D eigenvalue weighted by molar-refractivity contribution is -0.0740. The first-order chi connectivity index (χ1) is 9.89. The van der Waals surface area contributed by atoms with Crippen molar-refractivity contribution in [1.82, 2.24) is 10.1 Å². The van der Waals surface area contributed by atoms with Crippen LogP contribution in [0.1, 0.15) is 57.7 Å². The molecule has 1 aromatic heterocycles. The first kappa shape index (κ1) is 14.9. The van der Waals surface area contributed by atoms with Crippen LogP contribution in [0.15, 0.2) is 4.52 Å². The fraction of sp³-hybridized carbons (Fsp3) is 0.867. The van der Waals surface area contributed by atoms with Crippen LogP contribution in [0, 0.1) is 5.41 Å². The van der Waals surface area contributed by atoms with Gasteiger partial charge in [0.2, 0.25) is 11.7 Å². The molecular formula is C15H25N3O3. The van der Waals surface area contributed by atoms with Crippen molar-refractivity contribution in [1.29, 1.82) is 0 Å². The van der Waals surface area contributed by atoms with Crippen LogP contribution in [0.5, 0.6) is 0 Å². The Morgan fingerprint density at radius 3 is 2.43 bits per heavy atom. The van der Waals surface area contributed by atoms with Gasteiger partial charge in [-0.3, -0.25) is 0 Å². The fourth-order valence-corrected chi connectivity index (χ4v) is 3.21. The van der Waals surface area contributed by atoms with E-state index in [1.54, 1.807) is 7.11 Å². The third-order valence-electron chi connectivity index (χ3n) is 5.11. The quantitative estimate of drug-likeness (QED) is 0.919. The molecule has 1 saturated heterocycles. The van der Waals surface area contributed by atoms with Crippen molar-refractivity contribution in [3.63, 3.8) is 0 Å². The maximum atomic E-state index is 6.29. The van der Waals surface area contributed by atoms with E-state index in [4.69, 9.17) is 19.7 Å². The third-order valence-corrected chi connectivity index (χ3v) is 5.11. The van der Waals surface area contributed by atoms with Gasteiger partial charge in [-0.05, 0) is 37.5 Å². The van der Waals surface area contributed by atoms with Crippen molar-refractivity contribution in [3.05, 3.63) is 11.7 Å². The molecule has 0 spiro atoms. The zero-order valence-electron chi connectivity index (χ0n) is 13.1. The Kier molecular flexibility index (Phi) is 3.58. The molecule has 2 N–H and O–H groups in total. The van der Waals surface area contributed by atoms with E-state index in [0.717, 1.165) is 25.7 Å². The van der Waals surface area contributed by atoms with Crippen molar-refractivity contribution in [2.45, 2.75) is 57.1 Å². The lowest BCUT2D eigenvalue weighted by atomic mass is 9.70. The van der Waals surface area contributed by atoms with Crippen LogP contribution in [0.2, 0.25) is 0 Å². The highest BCUT2D eigenvalue weighted by Crippen LogP contribution is 2.46. The highest BCUT2D eigenvalue weighted by atomic mass is 16.5. The zero-order chi connectivity index (χ0) is 15.1. The second kappa shape index (κ2) is 5.04. The molecule has 2 aliphatic rings. The summed E-state index contributed by atoms with van der Waals surface area (Å²) in [4.78, 5) is 4.57. The molecule has 3 rings (SSSR count). The van der Waals surface area contributed by atoms with Gasteiger partial charge in [0.15, 0.2) is 0 Å². The van der Waals surface area contributed by atoms with E-state index in [-0.39, 0.29) is 0 Å². The van der Waals surface area contributed by atoms with Crippen molar-refractivity contribution in [3.8, 4) is 0 Å². The normalized spacial score (nSPS) is 31.4. The summed E-state index contributed by atoms with van der Waals surface area (Å²) >= 11 is 0. The maximum absolute atomic E-state index is 6.29. The van der Waals surface area contributed by atoms with Crippen LogP contribution in [0.25, 0.3) is 0 Å². The van der Waals surface area contributed by atoms with E-state index in [1.807, 2.05) is 0 Å². The molecule has 2 heterocycles. The minimum Gasteiger partial charge on any atom is -0.379 e. The number of ether oxygens (including phenoxy) is 2. The molecule has 6 nitrogen and oxygen atoms in total. The van der Waals surface area contributed by atoms with Crippen LogP contribution in [0.4, 0.5) is 0 Å². The summed E-state index contributed by atoms with van der Waals surface area (Å²) in [7, 11) is 1.73. The Morgan fingerprint density at radius 1 is 1.14 bits per heavy atom. The summed E-state index contributed by atoms with van der Waals surface area (Å²) in [6.07, 6.45) is 4.69. The summed E-state index contributed by atoms with van der Waals surface area (Å²) in [6, 6.07) is 0. The molecule has 1 saturated carbocycles. The molecule has 1 atom stereocenters. The SMILES string of the molecule is COC1(c2noc(C3(N)CCOC3)n2)CCC(C)(C)CC1. The highest BCUT2D eigenvalue weighted by Gasteiger charge is 2.45. The van der Waals surface area contributed by atoms with Gasteiger partial charge in [0.25, 0.3) is 0 Å². The smallest absolute Gasteiger partial charge is 0.249 e. The van der Waals surface area contributed by atoms with Crippen LogP contribution < -0.4 is 5.73 Å². The van der Waals surface area contributed by atoms with E-state index < -0.39 is 11.1 Å². The molecule has 0 bridgehead atoms. The van der Waals surface area contributed by atoms with Crippen molar-refractivity contribution in [2.75, 3.05) is 20.3 Å². The van der Waals surface area contributed by atoms with Crippen molar-refractivity contribution < 1.29 is 14.0 Å². The lowest BCUT2D eigenvalue weighted by Gasteiger charge is -2.40. The van der Waals surface area contributed by atoms with Gasteiger partial charge in [-0.25, -0.2) is 0 Å². The van der Waals surface area contributed by atoms with Crippen LogP contribution in [-0.2, 0) is 20.6 Å². The average molecular weight is 295 g/mol. The molecule has 0 amide bonds. The van der Waals surface area contributed by atoms with E-state index in [9.17, 15) is 0 Å². The first-order valence-corrected chi connectivity index (χ1v) is 7.66. The molecule has 6 heteroatoms. The Hall–Kier alpha value is -0.980. The number of nitrogens with zero attached hydrogens (tertiary/aromatic N) is 2. The van der Waals surface area contributed by atoms with Gasteiger partial charge < -0.3 is 19.7 Å². The highest BCUT2D eigenvalue weighted by molar-refractivity contribution is 5.10. The summed E-state index contributed by atoms with van der Waals surface area (Å²) in [5, 5.41) is 4.17. The number of aromatic nitrogens is 2. The monoisotopic (exact) mass is 295 g/mol. The molecule has 2 fully saturated rings. The molecular weight excluding hydrogens is 270 g/mol. The first-order valence-electron chi connectivity index (χ1n) is 7.66. The third kappa shape index (κ3) is 2.60. The Morgan fingerprint density at radius 2 is 1.86 bits per heavy atom. The maximum Gasteiger partial charge on any atom is 0.249 e. The van der Waals surface area contributed by atoms with Gasteiger partial charge in [-0.15, -0.1) is 0 Å². The largest absolute Gasteiger partial charge is 0.379 e. The standard InChI is InChI=1S/C15H25N3O3/c1-13(2)4-6-15(19-3,7-5-13)11-17-12(21-18-11)14(16)8-9-20-10-14/h4-10,16H2,1-3H3. The Balaban J connectivity index is 1.84. The number of hydrogen-bond acceptors (Lipinski definition) is 6. The number of methoxy groups -OCH3 is 1. The molecule has 0 aromatic carbocycles. The van der Waals surface area contributed by atoms with Gasteiger partial charge in [0.1, 0.15) is 11.1 Å². The Bertz CT molecular complexity index is 496. The van der Waals surface area contributed by atoms with Crippen LogP contribution >= 0.6 is 0 Å². The van der Waals surface area contributed by atoms with Gasteiger partial charge >= 0.3 is 0 Å². The summed E-state index contributed by atoms with van der Waals surface area (Å²) in [6.45, 7) is 5.65.